The molecule has 0 fully saturated rings. The van der Waals surface area contributed by atoms with Crippen LogP contribution in [-0.4, -0.2) is 33.6 Å². The Bertz CT molecular complexity index is 633. The molecule has 0 atom stereocenters. The lowest BCUT2D eigenvalue weighted by molar-refractivity contribution is -0.873. The molecule has 0 bridgehead atoms. The van der Waals surface area contributed by atoms with E-state index >= 15 is 0 Å². The molecule has 2 aromatic rings. The molecule has 0 aliphatic rings. The van der Waals surface area contributed by atoms with Crippen molar-refractivity contribution in [2.75, 3.05) is 14.1 Å². The van der Waals surface area contributed by atoms with Gasteiger partial charge in [0.1, 0.15) is 12.1 Å². The Balaban J connectivity index is 2.70. The summed E-state index contributed by atoms with van der Waals surface area (Å²) in [5.74, 6) is 0.696. The number of aromatic amines is 2. The van der Waals surface area contributed by atoms with Crippen LogP contribution in [0, 0.1) is 0 Å². The molecule has 0 aromatic carbocycles. The molecule has 0 spiro atoms. The highest BCUT2D eigenvalue weighted by atomic mass is 16.2. The van der Waals surface area contributed by atoms with E-state index in [-0.39, 0.29) is 0 Å². The van der Waals surface area contributed by atoms with E-state index in [0.29, 0.717) is 23.5 Å². The number of aromatic nitrogens is 4. The van der Waals surface area contributed by atoms with E-state index in [4.69, 9.17) is 0 Å². The van der Waals surface area contributed by atoms with Crippen molar-refractivity contribution in [1.29, 1.82) is 0 Å². The van der Waals surface area contributed by atoms with Crippen LogP contribution in [0.2, 0.25) is 0 Å². The molecule has 0 aliphatic carbocycles. The minimum Gasteiger partial charge on any atom is -0.334 e. The van der Waals surface area contributed by atoms with Crippen molar-refractivity contribution in [3.63, 3.8) is 0 Å². The van der Waals surface area contributed by atoms with Crippen LogP contribution in [-0.2, 0) is 13.6 Å². The van der Waals surface area contributed by atoms with Gasteiger partial charge in [0.25, 0.3) is 5.56 Å². The van der Waals surface area contributed by atoms with Crippen molar-refractivity contribution in [2.24, 2.45) is 7.05 Å². The zero-order chi connectivity index (χ0) is 11.9. The summed E-state index contributed by atoms with van der Waals surface area (Å²) in [6, 6.07) is 0. The van der Waals surface area contributed by atoms with Crippen molar-refractivity contribution in [3.05, 3.63) is 26.7 Å². The van der Waals surface area contributed by atoms with E-state index in [1.54, 1.807) is 7.05 Å². The fraction of sp³-hybridized carbons (Fsp3) is 0.444. The van der Waals surface area contributed by atoms with Gasteiger partial charge in [0.05, 0.1) is 14.1 Å². The minimum absolute atomic E-state index is 0.346. The summed E-state index contributed by atoms with van der Waals surface area (Å²) in [4.78, 5) is 33.4. The second kappa shape index (κ2) is 3.60. The molecule has 0 unspecified atom stereocenters. The number of fused-ring (bicyclic) bond motifs is 1. The van der Waals surface area contributed by atoms with E-state index in [1.807, 2.05) is 14.1 Å². The van der Waals surface area contributed by atoms with Crippen LogP contribution < -0.4 is 16.1 Å². The Morgan fingerprint density at radius 3 is 2.62 bits per heavy atom. The van der Waals surface area contributed by atoms with Crippen LogP contribution in [0.25, 0.3) is 11.2 Å². The molecule has 2 heterocycles. The van der Waals surface area contributed by atoms with Crippen molar-refractivity contribution in [1.82, 2.24) is 19.5 Å². The topological polar surface area (TPSA) is 88.0 Å². The first-order valence-corrected chi connectivity index (χ1v) is 4.96. The van der Waals surface area contributed by atoms with Crippen LogP contribution in [0.4, 0.5) is 0 Å². The maximum absolute atomic E-state index is 11.5. The average Bonchev–Trinajstić information content (AvgIpc) is 2.58. The molecular formula is C9H14N5O2+. The van der Waals surface area contributed by atoms with Crippen molar-refractivity contribution in [3.8, 4) is 0 Å². The third-order valence-electron chi connectivity index (χ3n) is 2.32. The first kappa shape index (κ1) is 10.6. The van der Waals surface area contributed by atoms with E-state index < -0.39 is 11.2 Å². The quantitative estimate of drug-likeness (QED) is 0.531. The summed E-state index contributed by atoms with van der Waals surface area (Å²) in [6.45, 7) is 0.669. The summed E-state index contributed by atoms with van der Waals surface area (Å²) < 4.78 is 1.32. The fourth-order valence-electron chi connectivity index (χ4n) is 1.57. The highest BCUT2D eigenvalue weighted by molar-refractivity contribution is 5.69. The molecule has 7 nitrogen and oxygen atoms in total. The number of aryl methyl sites for hydroxylation is 1. The minimum atomic E-state index is -0.451. The number of hydrogen-bond donors (Lipinski definition) is 3. The Hall–Kier alpha value is -1.89. The van der Waals surface area contributed by atoms with Gasteiger partial charge in [0.15, 0.2) is 11.5 Å². The van der Waals surface area contributed by atoms with Gasteiger partial charge in [0.2, 0.25) is 0 Å². The molecule has 2 aromatic heterocycles. The highest BCUT2D eigenvalue weighted by Crippen LogP contribution is 2.02. The van der Waals surface area contributed by atoms with Gasteiger partial charge in [-0.1, -0.05) is 0 Å². The molecule has 3 N–H and O–H groups in total. The Morgan fingerprint density at radius 1 is 1.31 bits per heavy atom. The number of nitrogens with zero attached hydrogens (tertiary/aromatic N) is 2. The lowest BCUT2D eigenvalue weighted by Crippen LogP contribution is -3.04. The lowest BCUT2D eigenvalue weighted by Gasteiger charge is -2.02. The summed E-state index contributed by atoms with van der Waals surface area (Å²) in [5, 5.41) is 0. The summed E-state index contributed by atoms with van der Waals surface area (Å²) in [7, 11) is 5.54. The van der Waals surface area contributed by atoms with Crippen LogP contribution in [0.1, 0.15) is 5.82 Å². The molecule has 7 heteroatoms. The van der Waals surface area contributed by atoms with Gasteiger partial charge in [-0.3, -0.25) is 14.3 Å². The SMILES string of the molecule is Cn1c(=O)[nH]c(=O)c2[nH]c(C[NH+](C)C)nc21. The molecule has 86 valence electrons. The predicted molar refractivity (Wildman–Crippen MR) is 58.5 cm³/mol. The molecule has 0 amide bonds. The Kier molecular flexibility index (Phi) is 2.39. The molecular weight excluding hydrogens is 210 g/mol. The number of hydrogen-bond acceptors (Lipinski definition) is 3. The second-order valence-electron chi connectivity index (χ2n) is 4.08. The number of H-pyrrole nitrogens is 2. The van der Waals surface area contributed by atoms with Crippen LogP contribution >= 0.6 is 0 Å². The Labute approximate surface area is 90.7 Å². The lowest BCUT2D eigenvalue weighted by atomic mass is 10.5. The first-order valence-electron chi connectivity index (χ1n) is 4.96. The smallest absolute Gasteiger partial charge is 0.329 e. The van der Waals surface area contributed by atoms with Crippen molar-refractivity contribution in [2.45, 2.75) is 6.54 Å². The predicted octanol–water partition coefficient (Wildman–Crippen LogP) is -2.41. The number of imidazole rings is 1. The molecule has 0 radical (unpaired) electrons. The van der Waals surface area contributed by atoms with Gasteiger partial charge in [0, 0.05) is 7.05 Å². The van der Waals surface area contributed by atoms with E-state index in [0.717, 1.165) is 0 Å². The first-order chi connectivity index (χ1) is 7.49. The molecule has 0 saturated heterocycles. The van der Waals surface area contributed by atoms with Gasteiger partial charge >= 0.3 is 5.69 Å². The van der Waals surface area contributed by atoms with Gasteiger partial charge in [-0.25, -0.2) is 9.78 Å². The van der Waals surface area contributed by atoms with Crippen LogP contribution in [0.3, 0.4) is 0 Å². The van der Waals surface area contributed by atoms with E-state index in [1.165, 1.54) is 9.47 Å². The van der Waals surface area contributed by atoms with Gasteiger partial charge < -0.3 is 9.88 Å². The average molecular weight is 224 g/mol. The third kappa shape index (κ3) is 1.65. The zero-order valence-electron chi connectivity index (χ0n) is 9.42. The zero-order valence-corrected chi connectivity index (χ0v) is 9.42. The summed E-state index contributed by atoms with van der Waals surface area (Å²) >= 11 is 0. The van der Waals surface area contributed by atoms with Crippen LogP contribution in [0.5, 0.6) is 0 Å². The fourth-order valence-corrected chi connectivity index (χ4v) is 1.57. The largest absolute Gasteiger partial charge is 0.334 e. The highest BCUT2D eigenvalue weighted by Gasteiger charge is 2.11. The number of nitrogens with one attached hydrogen (secondary N) is 3. The van der Waals surface area contributed by atoms with E-state index in [2.05, 4.69) is 15.0 Å². The number of quaternary nitrogens is 1. The van der Waals surface area contributed by atoms with Crippen LogP contribution in [0.15, 0.2) is 9.59 Å². The second-order valence-corrected chi connectivity index (χ2v) is 4.08. The van der Waals surface area contributed by atoms with Gasteiger partial charge in [-0.05, 0) is 0 Å². The Morgan fingerprint density at radius 2 is 2.00 bits per heavy atom. The third-order valence-corrected chi connectivity index (χ3v) is 2.32. The normalized spacial score (nSPS) is 11.5. The molecule has 2 rings (SSSR count). The van der Waals surface area contributed by atoms with Gasteiger partial charge in [-0.15, -0.1) is 0 Å². The van der Waals surface area contributed by atoms with E-state index in [9.17, 15) is 9.59 Å². The van der Waals surface area contributed by atoms with Gasteiger partial charge in [-0.2, -0.15) is 0 Å². The molecule has 0 aliphatic heterocycles. The maximum Gasteiger partial charge on any atom is 0.329 e. The van der Waals surface area contributed by atoms with Crippen molar-refractivity contribution >= 4 is 11.2 Å². The molecule has 16 heavy (non-hydrogen) atoms. The molecule has 0 saturated carbocycles. The van der Waals surface area contributed by atoms with Crippen molar-refractivity contribution < 1.29 is 4.90 Å². The maximum atomic E-state index is 11.5. The monoisotopic (exact) mass is 224 g/mol. The summed E-state index contributed by atoms with van der Waals surface area (Å²) in [5.41, 5.74) is -0.137. The number of rotatable bonds is 2. The summed E-state index contributed by atoms with van der Waals surface area (Å²) in [6.07, 6.45) is 0. The standard InChI is InChI=1S/C9H13N5O2/c1-13(2)4-5-10-6-7(11-5)14(3)9(16)12-8(6)15/h4H2,1-3H3,(H,10,11)(H,12,15,16)/p+1.